The Hall–Kier alpha value is -3.93. The van der Waals surface area contributed by atoms with Crippen LogP contribution in [-0.2, 0) is 17.8 Å². The van der Waals surface area contributed by atoms with Gasteiger partial charge in [-0.15, -0.1) is 0 Å². The number of carbonyl (C=O) groups is 1. The van der Waals surface area contributed by atoms with Crippen molar-refractivity contribution in [2.45, 2.75) is 32.0 Å². The first-order chi connectivity index (χ1) is 19.2. The van der Waals surface area contributed by atoms with E-state index < -0.39 is 0 Å². The lowest BCUT2D eigenvalue weighted by Crippen LogP contribution is -2.42. The monoisotopic (exact) mass is 519 g/mol. The van der Waals surface area contributed by atoms with Crippen LogP contribution in [0.15, 0.2) is 115 Å². The lowest BCUT2D eigenvalue weighted by Gasteiger charge is -2.33. The highest BCUT2D eigenvalue weighted by Crippen LogP contribution is 2.28. The summed E-state index contributed by atoms with van der Waals surface area (Å²) < 4.78 is 5.83. The van der Waals surface area contributed by atoms with Gasteiger partial charge in [0.15, 0.2) is 0 Å². The van der Waals surface area contributed by atoms with Crippen molar-refractivity contribution in [3.63, 3.8) is 0 Å². The van der Waals surface area contributed by atoms with E-state index in [-0.39, 0.29) is 12.2 Å². The number of rotatable bonds is 10. The van der Waals surface area contributed by atoms with Crippen LogP contribution >= 0.6 is 0 Å². The van der Waals surface area contributed by atoms with Gasteiger partial charge in [0.2, 0.25) is 0 Å². The van der Waals surface area contributed by atoms with Crippen LogP contribution < -0.4 is 5.32 Å². The predicted octanol–water partition coefficient (Wildman–Crippen LogP) is 7.07. The number of benzene rings is 4. The Kier molecular flexibility index (Phi) is 9.40. The second kappa shape index (κ2) is 13.7. The molecule has 5 nitrogen and oxygen atoms in total. The molecule has 1 N–H and O–H groups in total. The highest BCUT2D eigenvalue weighted by atomic mass is 16.6. The molecule has 0 unspecified atom stereocenters. The molecule has 5 rings (SSSR count). The molecule has 1 amide bonds. The quantitative estimate of drug-likeness (QED) is 0.243. The number of amides is 1. The first-order valence-electron chi connectivity index (χ1n) is 13.9. The number of nitrogens with zero attached hydrogens (tertiary/aromatic N) is 2. The standard InChI is InChI=1S/C34H37N3O2/c38-34(35-33-19-11-10-18-32(33)30-16-8-3-9-17-30)39-31-20-22-36(23-21-31)24-25-37(26-28-12-4-1-5-13-28)27-29-14-6-2-7-15-29/h1-19,31H,20-27H2,(H,35,38). The van der Waals surface area contributed by atoms with E-state index >= 15 is 0 Å². The molecule has 1 saturated heterocycles. The molecule has 0 spiro atoms. The van der Waals surface area contributed by atoms with Gasteiger partial charge < -0.3 is 9.64 Å². The zero-order valence-electron chi connectivity index (χ0n) is 22.4. The lowest BCUT2D eigenvalue weighted by molar-refractivity contribution is 0.0550. The molecular weight excluding hydrogens is 482 g/mol. The number of piperidine rings is 1. The van der Waals surface area contributed by atoms with E-state index in [0.717, 1.165) is 68.9 Å². The van der Waals surface area contributed by atoms with Gasteiger partial charge in [0.05, 0.1) is 5.69 Å². The van der Waals surface area contributed by atoms with Crippen molar-refractivity contribution in [2.24, 2.45) is 0 Å². The van der Waals surface area contributed by atoms with Gasteiger partial charge in [0.25, 0.3) is 0 Å². The van der Waals surface area contributed by atoms with E-state index in [4.69, 9.17) is 4.74 Å². The average Bonchev–Trinajstić information content (AvgIpc) is 2.98. The number of para-hydroxylation sites is 1. The van der Waals surface area contributed by atoms with Crippen LogP contribution in [0.4, 0.5) is 10.5 Å². The van der Waals surface area contributed by atoms with Crippen molar-refractivity contribution in [2.75, 3.05) is 31.5 Å². The van der Waals surface area contributed by atoms with Crippen LogP contribution in [0.1, 0.15) is 24.0 Å². The number of nitrogens with one attached hydrogen (secondary N) is 1. The third kappa shape index (κ3) is 8.03. The molecule has 1 heterocycles. The highest BCUT2D eigenvalue weighted by molar-refractivity contribution is 5.91. The number of hydrogen-bond donors (Lipinski definition) is 1. The third-order valence-corrected chi connectivity index (χ3v) is 7.29. The molecule has 200 valence electrons. The maximum absolute atomic E-state index is 12.8. The van der Waals surface area contributed by atoms with Crippen LogP contribution in [-0.4, -0.2) is 48.2 Å². The molecule has 4 aromatic rings. The summed E-state index contributed by atoms with van der Waals surface area (Å²) >= 11 is 0. The number of anilines is 1. The van der Waals surface area contributed by atoms with Crippen molar-refractivity contribution in [3.8, 4) is 11.1 Å². The second-order valence-corrected chi connectivity index (χ2v) is 10.2. The fourth-order valence-corrected chi connectivity index (χ4v) is 5.18. The van der Waals surface area contributed by atoms with Gasteiger partial charge in [-0.05, 0) is 35.6 Å². The number of hydrogen-bond acceptors (Lipinski definition) is 4. The normalized spacial score (nSPS) is 14.3. The van der Waals surface area contributed by atoms with E-state index in [1.54, 1.807) is 0 Å². The molecule has 0 saturated carbocycles. The van der Waals surface area contributed by atoms with Crippen molar-refractivity contribution in [1.29, 1.82) is 0 Å². The van der Waals surface area contributed by atoms with Gasteiger partial charge >= 0.3 is 6.09 Å². The van der Waals surface area contributed by atoms with Crippen molar-refractivity contribution in [1.82, 2.24) is 9.80 Å². The highest BCUT2D eigenvalue weighted by Gasteiger charge is 2.23. The summed E-state index contributed by atoms with van der Waals surface area (Å²) in [5.41, 5.74) is 5.49. The molecule has 0 atom stereocenters. The van der Waals surface area contributed by atoms with E-state index in [9.17, 15) is 4.79 Å². The Bertz CT molecular complexity index is 1250. The van der Waals surface area contributed by atoms with Crippen LogP contribution in [0.5, 0.6) is 0 Å². The van der Waals surface area contributed by atoms with Gasteiger partial charge in [0.1, 0.15) is 6.10 Å². The topological polar surface area (TPSA) is 44.8 Å². The summed E-state index contributed by atoms with van der Waals surface area (Å²) in [6.07, 6.45) is 1.26. The average molecular weight is 520 g/mol. The van der Waals surface area contributed by atoms with Crippen molar-refractivity contribution >= 4 is 11.8 Å². The molecule has 5 heteroatoms. The van der Waals surface area contributed by atoms with Crippen molar-refractivity contribution in [3.05, 3.63) is 126 Å². The second-order valence-electron chi connectivity index (χ2n) is 10.2. The van der Waals surface area contributed by atoms with Crippen LogP contribution in [0.25, 0.3) is 11.1 Å². The summed E-state index contributed by atoms with van der Waals surface area (Å²) in [6.45, 7) is 5.72. The summed E-state index contributed by atoms with van der Waals surface area (Å²) in [7, 11) is 0. The Balaban J connectivity index is 1.10. The Labute approximate surface area is 232 Å². The van der Waals surface area contributed by atoms with Crippen molar-refractivity contribution < 1.29 is 9.53 Å². The molecule has 0 bridgehead atoms. The molecular formula is C34H37N3O2. The third-order valence-electron chi connectivity index (χ3n) is 7.29. The Morgan fingerprint density at radius 1 is 0.744 bits per heavy atom. The van der Waals surface area contributed by atoms with Crippen LogP contribution in [0.2, 0.25) is 0 Å². The van der Waals surface area contributed by atoms with E-state index in [2.05, 4.69) is 75.8 Å². The largest absolute Gasteiger partial charge is 0.446 e. The summed E-state index contributed by atoms with van der Waals surface area (Å²) in [4.78, 5) is 17.8. The van der Waals surface area contributed by atoms with Gasteiger partial charge in [-0.25, -0.2) is 4.79 Å². The first kappa shape index (κ1) is 26.7. The lowest BCUT2D eigenvalue weighted by atomic mass is 10.0. The minimum Gasteiger partial charge on any atom is -0.446 e. The number of likely N-dealkylation sites (tertiary alicyclic amines) is 1. The fourth-order valence-electron chi connectivity index (χ4n) is 5.18. The van der Waals surface area contributed by atoms with E-state index in [1.165, 1.54) is 11.1 Å². The van der Waals surface area contributed by atoms with Crippen LogP contribution in [0.3, 0.4) is 0 Å². The maximum atomic E-state index is 12.8. The maximum Gasteiger partial charge on any atom is 0.411 e. The van der Waals surface area contributed by atoms with Crippen LogP contribution in [0, 0.1) is 0 Å². The molecule has 4 aromatic carbocycles. The smallest absolute Gasteiger partial charge is 0.411 e. The van der Waals surface area contributed by atoms with Gasteiger partial charge in [-0.3, -0.25) is 10.2 Å². The Morgan fingerprint density at radius 3 is 1.90 bits per heavy atom. The van der Waals surface area contributed by atoms with E-state index in [1.807, 2.05) is 54.6 Å². The SMILES string of the molecule is O=C(Nc1ccccc1-c1ccccc1)OC1CCN(CCN(Cc2ccccc2)Cc2ccccc2)CC1. The molecule has 1 fully saturated rings. The molecule has 1 aliphatic rings. The van der Waals surface area contributed by atoms with Gasteiger partial charge in [-0.1, -0.05) is 109 Å². The molecule has 39 heavy (non-hydrogen) atoms. The molecule has 0 aliphatic carbocycles. The minimum absolute atomic E-state index is 0.0603. The van der Waals surface area contributed by atoms with Gasteiger partial charge in [-0.2, -0.15) is 0 Å². The predicted molar refractivity (Wildman–Crippen MR) is 158 cm³/mol. The van der Waals surface area contributed by atoms with E-state index in [0.29, 0.717) is 0 Å². The zero-order chi connectivity index (χ0) is 26.7. The number of ether oxygens (including phenoxy) is 1. The molecule has 0 aromatic heterocycles. The molecule has 0 radical (unpaired) electrons. The number of carbonyl (C=O) groups excluding carboxylic acids is 1. The first-order valence-corrected chi connectivity index (χ1v) is 13.9. The summed E-state index contributed by atoms with van der Waals surface area (Å²) in [6, 6.07) is 39.3. The fraction of sp³-hybridized carbons (Fsp3) is 0.265. The van der Waals surface area contributed by atoms with Gasteiger partial charge in [0, 0.05) is 44.8 Å². The summed E-state index contributed by atoms with van der Waals surface area (Å²) in [5.74, 6) is 0. The molecule has 1 aliphatic heterocycles. The Morgan fingerprint density at radius 2 is 1.28 bits per heavy atom. The minimum atomic E-state index is -0.381. The zero-order valence-corrected chi connectivity index (χ0v) is 22.4. The summed E-state index contributed by atoms with van der Waals surface area (Å²) in [5, 5.41) is 2.97.